The van der Waals surface area contributed by atoms with Crippen molar-refractivity contribution in [2.45, 2.75) is 55.1 Å². The Morgan fingerprint density at radius 1 is 1.12 bits per heavy atom. The number of aldehydes is 1. The number of aliphatic hydroxyl groups excluding tert-OH is 7. The number of rotatable bonds is 8. The Bertz CT molecular complexity index is 428. The molecule has 0 amide bonds. The third-order valence-electron chi connectivity index (χ3n) is 3.53. The van der Waals surface area contributed by atoms with Crippen LogP contribution >= 0.6 is 0 Å². The van der Waals surface area contributed by atoms with Gasteiger partial charge in [-0.1, -0.05) is 0 Å². The van der Waals surface area contributed by atoms with E-state index in [0.29, 0.717) is 0 Å². The predicted octanol–water partition coefficient (Wildman–Crippen LogP) is -5.46. The molecule has 0 aromatic carbocycles. The van der Waals surface area contributed by atoms with E-state index < -0.39 is 67.7 Å². The lowest BCUT2D eigenvalue weighted by Crippen LogP contribution is -2.61. The van der Waals surface area contributed by atoms with E-state index in [1.54, 1.807) is 0 Å². The van der Waals surface area contributed by atoms with E-state index in [4.69, 9.17) is 19.7 Å². The van der Waals surface area contributed by atoms with E-state index in [1.165, 1.54) is 0 Å². The average Bonchev–Trinajstić information content (AvgIpc) is 2.57. The van der Waals surface area contributed by atoms with Crippen molar-refractivity contribution in [2.75, 3.05) is 6.61 Å². The molecule has 0 saturated carbocycles. The zero-order chi connectivity index (χ0) is 18.6. The molecule has 24 heavy (non-hydrogen) atoms. The van der Waals surface area contributed by atoms with Gasteiger partial charge in [0.2, 0.25) is 0 Å². The molecular formula is C12H20O12. The summed E-state index contributed by atoms with van der Waals surface area (Å²) in [6.45, 7) is -0.795. The number of carbonyl (C=O) groups is 2. The molecule has 1 fully saturated rings. The fourth-order valence-electron chi connectivity index (χ4n) is 2.09. The van der Waals surface area contributed by atoms with Crippen molar-refractivity contribution < 1.29 is 59.9 Å². The van der Waals surface area contributed by atoms with Crippen LogP contribution in [0.2, 0.25) is 0 Å². The molecular weight excluding hydrogens is 336 g/mol. The monoisotopic (exact) mass is 356 g/mol. The normalized spacial score (nSPS) is 35.7. The van der Waals surface area contributed by atoms with Crippen molar-refractivity contribution >= 4 is 12.3 Å². The number of carboxylic acid groups (broad SMARTS) is 1. The van der Waals surface area contributed by atoms with Crippen LogP contribution < -0.4 is 0 Å². The van der Waals surface area contributed by atoms with Crippen LogP contribution in [-0.4, -0.2) is 115 Å². The molecule has 12 nitrogen and oxygen atoms in total. The second kappa shape index (κ2) is 8.75. The zero-order valence-corrected chi connectivity index (χ0v) is 12.2. The second-order valence-corrected chi connectivity index (χ2v) is 5.20. The average molecular weight is 356 g/mol. The number of hydrogen-bond donors (Lipinski definition) is 8. The van der Waals surface area contributed by atoms with Crippen LogP contribution in [-0.2, 0) is 19.1 Å². The predicted molar refractivity (Wildman–Crippen MR) is 70.4 cm³/mol. The highest BCUT2D eigenvalue weighted by Crippen LogP contribution is 2.24. The first-order valence-electron chi connectivity index (χ1n) is 6.84. The first-order chi connectivity index (χ1) is 11.1. The van der Waals surface area contributed by atoms with Gasteiger partial charge in [-0.3, -0.25) is 0 Å². The molecule has 9 atom stereocenters. The molecule has 0 aliphatic carbocycles. The van der Waals surface area contributed by atoms with Crippen molar-refractivity contribution in [3.05, 3.63) is 0 Å². The van der Waals surface area contributed by atoms with Crippen molar-refractivity contribution in [1.82, 2.24) is 0 Å². The van der Waals surface area contributed by atoms with E-state index in [0.717, 1.165) is 0 Å². The van der Waals surface area contributed by atoms with Crippen LogP contribution in [0.4, 0.5) is 0 Å². The maximum atomic E-state index is 10.9. The van der Waals surface area contributed by atoms with Gasteiger partial charge in [-0.25, -0.2) is 4.79 Å². The highest BCUT2D eigenvalue weighted by molar-refractivity contribution is 5.73. The Balaban J connectivity index is 2.99. The summed E-state index contributed by atoms with van der Waals surface area (Å²) in [5, 5.41) is 75.4. The first kappa shape index (κ1) is 20.8. The van der Waals surface area contributed by atoms with E-state index in [9.17, 15) is 40.2 Å². The highest BCUT2D eigenvalue weighted by Gasteiger charge is 2.47. The number of aliphatic hydroxyl groups is 7. The Hall–Kier alpha value is -1.22. The summed E-state index contributed by atoms with van der Waals surface area (Å²) in [6.07, 6.45) is -17.8. The molecule has 8 N–H and O–H groups in total. The number of carbonyl (C=O) groups excluding carboxylic acids is 1. The first-order valence-corrected chi connectivity index (χ1v) is 6.84. The minimum atomic E-state index is -2.43. The number of carboxylic acids is 1. The summed E-state index contributed by atoms with van der Waals surface area (Å²) >= 11 is 0. The molecule has 1 heterocycles. The quantitative estimate of drug-likeness (QED) is 0.191. The topological polar surface area (TPSA) is 214 Å². The third-order valence-corrected chi connectivity index (χ3v) is 3.53. The lowest BCUT2D eigenvalue weighted by atomic mass is 9.98. The number of ether oxygens (including phenoxy) is 2. The summed E-state index contributed by atoms with van der Waals surface area (Å²) in [7, 11) is 0. The molecule has 0 aromatic heterocycles. The van der Waals surface area contributed by atoms with Crippen molar-refractivity contribution in [2.24, 2.45) is 0 Å². The van der Waals surface area contributed by atoms with Gasteiger partial charge in [0.15, 0.2) is 18.7 Å². The fourth-order valence-corrected chi connectivity index (χ4v) is 2.09. The molecule has 12 heteroatoms. The lowest BCUT2D eigenvalue weighted by molar-refractivity contribution is -0.324. The third kappa shape index (κ3) is 4.44. The van der Waals surface area contributed by atoms with Gasteiger partial charge in [0.25, 0.3) is 0 Å². The molecule has 140 valence electrons. The molecule has 1 aliphatic rings. The smallest absolute Gasteiger partial charge is 0.335 e. The van der Waals surface area contributed by atoms with E-state index >= 15 is 0 Å². The SMILES string of the molecule is O=CC(O)C(O)C(O[C@H]1O[C@H](CO)[C@H](O)[C@H](O)[C@H]1O)C(O)C(=O)O. The van der Waals surface area contributed by atoms with Gasteiger partial charge >= 0.3 is 5.97 Å². The van der Waals surface area contributed by atoms with Gasteiger partial charge in [0.05, 0.1) is 6.61 Å². The minimum absolute atomic E-state index is 0.136. The lowest BCUT2D eigenvalue weighted by Gasteiger charge is -2.41. The zero-order valence-electron chi connectivity index (χ0n) is 12.2. The van der Waals surface area contributed by atoms with E-state index in [2.05, 4.69) is 0 Å². The second-order valence-electron chi connectivity index (χ2n) is 5.20. The maximum Gasteiger partial charge on any atom is 0.335 e. The van der Waals surface area contributed by atoms with Gasteiger partial charge in [0.1, 0.15) is 42.7 Å². The van der Waals surface area contributed by atoms with Crippen LogP contribution in [0.25, 0.3) is 0 Å². The fraction of sp³-hybridized carbons (Fsp3) is 0.833. The summed E-state index contributed by atoms with van der Waals surface area (Å²) in [5.74, 6) is -1.87. The van der Waals surface area contributed by atoms with Crippen molar-refractivity contribution in [3.63, 3.8) is 0 Å². The molecule has 1 aliphatic heterocycles. The van der Waals surface area contributed by atoms with Crippen molar-refractivity contribution in [1.29, 1.82) is 0 Å². The molecule has 4 unspecified atom stereocenters. The molecule has 0 radical (unpaired) electrons. The van der Waals surface area contributed by atoms with Crippen LogP contribution in [0.5, 0.6) is 0 Å². The number of aliphatic carboxylic acids is 1. The van der Waals surface area contributed by atoms with Gasteiger partial charge in [-0.2, -0.15) is 0 Å². The maximum absolute atomic E-state index is 10.9. The largest absolute Gasteiger partial charge is 0.479 e. The summed E-state index contributed by atoms with van der Waals surface area (Å²) in [4.78, 5) is 21.4. The Morgan fingerprint density at radius 2 is 1.71 bits per heavy atom. The van der Waals surface area contributed by atoms with Gasteiger partial charge in [-0.05, 0) is 0 Å². The highest BCUT2D eigenvalue weighted by atomic mass is 16.7. The van der Waals surface area contributed by atoms with E-state index in [-0.39, 0.29) is 6.29 Å². The Kier molecular flexibility index (Phi) is 7.59. The Morgan fingerprint density at radius 3 is 2.17 bits per heavy atom. The van der Waals surface area contributed by atoms with Crippen molar-refractivity contribution in [3.8, 4) is 0 Å². The summed E-state index contributed by atoms with van der Waals surface area (Å²) in [5.41, 5.74) is 0. The summed E-state index contributed by atoms with van der Waals surface area (Å²) < 4.78 is 9.85. The van der Waals surface area contributed by atoms with Crippen LogP contribution in [0.3, 0.4) is 0 Å². The molecule has 0 aromatic rings. The molecule has 1 rings (SSSR count). The summed E-state index contributed by atoms with van der Waals surface area (Å²) in [6, 6.07) is 0. The molecule has 0 bridgehead atoms. The van der Waals surface area contributed by atoms with E-state index in [1.807, 2.05) is 0 Å². The van der Waals surface area contributed by atoms with Gasteiger partial charge in [-0.15, -0.1) is 0 Å². The minimum Gasteiger partial charge on any atom is -0.479 e. The standard InChI is InChI=1S/C12H20O12/c13-1-3(15)5(16)10(9(20)11(21)22)24-12-8(19)7(18)6(17)4(2-14)23-12/h1,3-10,12,14-20H,2H2,(H,21,22)/t3?,4-,5?,6+,7+,8-,9?,10?,12-/m1/s1. The number of hydrogen-bond acceptors (Lipinski definition) is 11. The van der Waals surface area contributed by atoms with Crippen LogP contribution in [0.15, 0.2) is 0 Å². The Labute approximate surface area is 135 Å². The van der Waals surface area contributed by atoms with Gasteiger partial charge < -0.3 is 55.1 Å². The molecule has 0 spiro atoms. The van der Waals surface area contributed by atoms with Crippen LogP contribution in [0.1, 0.15) is 0 Å². The van der Waals surface area contributed by atoms with Gasteiger partial charge in [0, 0.05) is 0 Å². The van der Waals surface area contributed by atoms with Crippen LogP contribution in [0, 0.1) is 0 Å². The molecule has 1 saturated heterocycles.